The molecule has 0 atom stereocenters. The van der Waals surface area contributed by atoms with Crippen molar-refractivity contribution in [2.75, 3.05) is 16.8 Å². The molecule has 0 unspecified atom stereocenters. The summed E-state index contributed by atoms with van der Waals surface area (Å²) in [7, 11) is -4.04. The third-order valence-electron chi connectivity index (χ3n) is 4.39. The van der Waals surface area contributed by atoms with E-state index in [1.165, 1.54) is 19.1 Å². The van der Waals surface area contributed by atoms with Gasteiger partial charge in [-0.25, -0.2) is 13.6 Å². The van der Waals surface area contributed by atoms with Crippen LogP contribution in [0.5, 0.6) is 0 Å². The van der Waals surface area contributed by atoms with Crippen LogP contribution >= 0.6 is 0 Å². The molecule has 27 heavy (non-hydrogen) atoms. The summed E-state index contributed by atoms with van der Waals surface area (Å²) in [5, 5.41) is 19.3. The van der Waals surface area contributed by atoms with E-state index in [0.29, 0.717) is 25.2 Å². The zero-order valence-corrected chi connectivity index (χ0v) is 15.3. The zero-order chi connectivity index (χ0) is 19.8. The van der Waals surface area contributed by atoms with Gasteiger partial charge in [0.05, 0.1) is 9.82 Å². The average Bonchev–Trinajstić information content (AvgIpc) is 2.59. The van der Waals surface area contributed by atoms with Crippen molar-refractivity contribution in [1.29, 1.82) is 0 Å². The summed E-state index contributed by atoms with van der Waals surface area (Å²) >= 11 is 0. The predicted octanol–water partition coefficient (Wildman–Crippen LogP) is 1.76. The number of rotatable bonds is 4. The molecule has 1 heterocycles. The van der Waals surface area contributed by atoms with Crippen molar-refractivity contribution in [3.8, 4) is 0 Å². The van der Waals surface area contributed by atoms with E-state index in [4.69, 9.17) is 5.14 Å². The molecule has 1 aliphatic heterocycles. The fourth-order valence-electron chi connectivity index (χ4n) is 3.22. The molecule has 3 N–H and O–H groups in total. The largest absolute Gasteiger partial charge is 0.361 e. The maximum atomic E-state index is 11.5. The van der Waals surface area contributed by atoms with Crippen LogP contribution in [0, 0.1) is 10.1 Å². The fourth-order valence-corrected chi connectivity index (χ4v) is 3.75. The van der Waals surface area contributed by atoms with Crippen LogP contribution in [-0.4, -0.2) is 25.8 Å². The highest BCUT2D eigenvalue weighted by Gasteiger charge is 2.26. The molecule has 2 aromatic rings. The number of nitro groups is 1. The minimum atomic E-state index is -4.04. The molecule has 0 saturated carbocycles. The van der Waals surface area contributed by atoms with Crippen LogP contribution in [0.3, 0.4) is 0 Å². The molecule has 142 valence electrons. The lowest BCUT2D eigenvalue weighted by molar-refractivity contribution is -0.384. The lowest BCUT2D eigenvalue weighted by atomic mass is 9.97. The Morgan fingerprint density at radius 1 is 1.30 bits per heavy atom. The summed E-state index contributed by atoms with van der Waals surface area (Å²) < 4.78 is 23.0. The smallest absolute Gasteiger partial charge is 0.293 e. The fraction of sp³-hybridized carbons (Fsp3) is 0.235. The van der Waals surface area contributed by atoms with Crippen molar-refractivity contribution in [2.24, 2.45) is 5.14 Å². The number of amides is 1. The molecule has 3 rings (SSSR count). The number of benzene rings is 2. The Bertz CT molecular complexity index is 1040. The van der Waals surface area contributed by atoms with Gasteiger partial charge in [-0.15, -0.1) is 0 Å². The van der Waals surface area contributed by atoms with Crippen LogP contribution in [0.15, 0.2) is 41.3 Å². The summed E-state index contributed by atoms with van der Waals surface area (Å²) in [6.45, 7) is 2.32. The molecule has 0 saturated heterocycles. The highest BCUT2D eigenvalue weighted by atomic mass is 32.2. The Kier molecular flexibility index (Phi) is 4.85. The molecule has 1 amide bonds. The second-order valence-corrected chi connectivity index (χ2v) is 7.81. The normalized spacial score (nSPS) is 13.8. The maximum absolute atomic E-state index is 11.5. The highest BCUT2D eigenvalue weighted by Crippen LogP contribution is 2.35. The number of nitrogens with one attached hydrogen (secondary N) is 1. The van der Waals surface area contributed by atoms with E-state index in [9.17, 15) is 23.3 Å². The molecule has 0 aliphatic carbocycles. The predicted molar refractivity (Wildman–Crippen MR) is 100.0 cm³/mol. The van der Waals surface area contributed by atoms with E-state index < -0.39 is 14.9 Å². The Hall–Kier alpha value is -2.98. The first-order valence-electron chi connectivity index (χ1n) is 8.11. The number of nitrogens with two attached hydrogens (primary N) is 1. The average molecular weight is 390 g/mol. The molecule has 0 fully saturated rings. The summed E-state index contributed by atoms with van der Waals surface area (Å²) in [5.41, 5.74) is 2.68. The molecule has 9 nitrogen and oxygen atoms in total. The van der Waals surface area contributed by atoms with Gasteiger partial charge in [0, 0.05) is 31.8 Å². The second kappa shape index (κ2) is 6.97. The number of carbonyl (C=O) groups is 1. The molecular weight excluding hydrogens is 372 g/mol. The molecule has 0 bridgehead atoms. The van der Waals surface area contributed by atoms with Crippen LogP contribution in [-0.2, 0) is 27.8 Å². The molecule has 1 aliphatic rings. The summed E-state index contributed by atoms with van der Waals surface area (Å²) in [6, 6.07) is 9.18. The Morgan fingerprint density at radius 3 is 2.67 bits per heavy atom. The van der Waals surface area contributed by atoms with Crippen molar-refractivity contribution in [3.63, 3.8) is 0 Å². The standard InChI is InChI=1S/C17H18N4O5S/c1-11(22)19-15-4-2-3-12-10-20(8-7-14(12)15)16-6-5-13(27(18,25)26)9-17(16)21(23)24/h2-6,9H,7-8,10H2,1H3,(H,19,22)(H2,18,25,26). The monoisotopic (exact) mass is 390 g/mol. The number of sulfonamides is 1. The van der Waals surface area contributed by atoms with Gasteiger partial charge in [0.2, 0.25) is 15.9 Å². The topological polar surface area (TPSA) is 136 Å². The van der Waals surface area contributed by atoms with Crippen LogP contribution in [0.4, 0.5) is 17.1 Å². The number of hydrogen-bond donors (Lipinski definition) is 2. The van der Waals surface area contributed by atoms with Crippen molar-refractivity contribution < 1.29 is 18.1 Å². The van der Waals surface area contributed by atoms with E-state index in [1.807, 2.05) is 23.1 Å². The highest BCUT2D eigenvalue weighted by molar-refractivity contribution is 7.89. The third kappa shape index (κ3) is 3.91. The van der Waals surface area contributed by atoms with Gasteiger partial charge in [-0.1, -0.05) is 12.1 Å². The maximum Gasteiger partial charge on any atom is 0.293 e. The van der Waals surface area contributed by atoms with Gasteiger partial charge in [-0.2, -0.15) is 0 Å². The first kappa shape index (κ1) is 18.8. The Morgan fingerprint density at radius 2 is 2.04 bits per heavy atom. The van der Waals surface area contributed by atoms with Gasteiger partial charge in [0.25, 0.3) is 5.69 Å². The zero-order valence-electron chi connectivity index (χ0n) is 14.5. The number of primary sulfonamides is 1. The first-order chi connectivity index (χ1) is 12.7. The number of carbonyl (C=O) groups excluding carboxylic acids is 1. The first-order valence-corrected chi connectivity index (χ1v) is 9.66. The summed E-state index contributed by atoms with van der Waals surface area (Å²) in [5.74, 6) is -0.167. The van der Waals surface area contributed by atoms with Gasteiger partial charge in [0.1, 0.15) is 5.69 Å². The quantitative estimate of drug-likeness (QED) is 0.603. The lowest BCUT2D eigenvalue weighted by Gasteiger charge is -2.31. The van der Waals surface area contributed by atoms with Crippen LogP contribution in [0.2, 0.25) is 0 Å². The van der Waals surface area contributed by atoms with Gasteiger partial charge in [-0.05, 0) is 35.7 Å². The molecular formula is C17H18N4O5S. The van der Waals surface area contributed by atoms with Gasteiger partial charge in [0.15, 0.2) is 0 Å². The summed E-state index contributed by atoms with van der Waals surface area (Å²) in [4.78, 5) is 23.7. The van der Waals surface area contributed by atoms with Crippen molar-refractivity contribution in [1.82, 2.24) is 0 Å². The van der Waals surface area contributed by atoms with E-state index in [1.54, 1.807) is 0 Å². The van der Waals surface area contributed by atoms with E-state index in [0.717, 1.165) is 22.9 Å². The number of nitro benzene ring substituents is 1. The SMILES string of the molecule is CC(=O)Nc1cccc2c1CCN(c1ccc(S(N)(=O)=O)cc1[N+](=O)[O-])C2. The minimum absolute atomic E-state index is 0.167. The van der Waals surface area contributed by atoms with E-state index in [-0.39, 0.29) is 16.5 Å². The van der Waals surface area contributed by atoms with Gasteiger partial charge in [-0.3, -0.25) is 14.9 Å². The number of anilines is 2. The molecule has 0 spiro atoms. The molecule has 0 radical (unpaired) electrons. The number of fused-ring (bicyclic) bond motifs is 1. The molecule has 2 aromatic carbocycles. The van der Waals surface area contributed by atoms with Crippen LogP contribution in [0.25, 0.3) is 0 Å². The number of nitrogens with zero attached hydrogens (tertiary/aromatic N) is 2. The molecule has 10 heteroatoms. The van der Waals surface area contributed by atoms with Crippen molar-refractivity contribution in [3.05, 3.63) is 57.6 Å². The van der Waals surface area contributed by atoms with Crippen LogP contribution < -0.4 is 15.4 Å². The Balaban J connectivity index is 1.98. The van der Waals surface area contributed by atoms with Gasteiger partial charge >= 0.3 is 0 Å². The van der Waals surface area contributed by atoms with E-state index >= 15 is 0 Å². The lowest BCUT2D eigenvalue weighted by Crippen LogP contribution is -2.31. The third-order valence-corrected chi connectivity index (χ3v) is 5.30. The Labute approximate surface area is 156 Å². The van der Waals surface area contributed by atoms with Crippen molar-refractivity contribution >= 4 is 33.0 Å². The molecule has 0 aromatic heterocycles. The summed E-state index contributed by atoms with van der Waals surface area (Å²) in [6.07, 6.45) is 0.583. The van der Waals surface area contributed by atoms with Gasteiger partial charge < -0.3 is 10.2 Å². The van der Waals surface area contributed by atoms with E-state index in [2.05, 4.69) is 5.32 Å². The second-order valence-electron chi connectivity index (χ2n) is 6.25. The van der Waals surface area contributed by atoms with Crippen molar-refractivity contribution in [2.45, 2.75) is 24.8 Å². The number of hydrogen-bond acceptors (Lipinski definition) is 6. The van der Waals surface area contributed by atoms with Crippen LogP contribution in [0.1, 0.15) is 18.1 Å². The minimum Gasteiger partial charge on any atom is -0.361 e.